The van der Waals surface area contributed by atoms with Gasteiger partial charge in [0.1, 0.15) is 23.7 Å². The van der Waals surface area contributed by atoms with Crippen LogP contribution in [0.1, 0.15) is 105 Å². The van der Waals surface area contributed by atoms with Crippen LogP contribution in [-0.4, -0.2) is 83.9 Å². The fourth-order valence-electron chi connectivity index (χ4n) is 9.64. The summed E-state index contributed by atoms with van der Waals surface area (Å²) in [5.41, 5.74) is 1.41. The van der Waals surface area contributed by atoms with Gasteiger partial charge in [-0.1, -0.05) is 6.07 Å². The summed E-state index contributed by atoms with van der Waals surface area (Å²) in [6.07, 6.45) is 6.24. The summed E-state index contributed by atoms with van der Waals surface area (Å²) in [4.78, 5) is 66.1. The molecule has 0 spiro atoms. The molecule has 2 saturated carbocycles. The Labute approximate surface area is 348 Å². The number of nitrogens with zero attached hydrogens (tertiary/aromatic N) is 6. The summed E-state index contributed by atoms with van der Waals surface area (Å²) in [6.45, 7) is 4.40. The topological polar surface area (TPSA) is 154 Å². The normalized spacial score (nSPS) is 25.6. The van der Waals surface area contributed by atoms with Gasteiger partial charge in [-0.05, 0) is 101 Å². The van der Waals surface area contributed by atoms with Crippen molar-refractivity contribution in [2.75, 3.05) is 25.0 Å². The van der Waals surface area contributed by atoms with Crippen molar-refractivity contribution in [3.05, 3.63) is 86.8 Å². The molecule has 2 aliphatic heterocycles. The van der Waals surface area contributed by atoms with E-state index in [0.29, 0.717) is 41.0 Å². The summed E-state index contributed by atoms with van der Waals surface area (Å²) in [5, 5.41) is 10.6. The molecule has 3 amide bonds. The summed E-state index contributed by atoms with van der Waals surface area (Å²) in [7, 11) is 1.56. The molecule has 0 radical (unpaired) electrons. The molecule has 17 heteroatoms. The Hall–Kier alpha value is -5.71. The summed E-state index contributed by atoms with van der Waals surface area (Å²) in [5.74, 6) is -4.93. The van der Waals surface area contributed by atoms with E-state index in [-0.39, 0.29) is 67.4 Å². The molecule has 2 aromatic carbocycles. The van der Waals surface area contributed by atoms with Crippen molar-refractivity contribution in [2.45, 2.75) is 107 Å². The number of hydrogen-bond donors (Lipinski definition) is 2. The van der Waals surface area contributed by atoms with Crippen LogP contribution in [0.4, 0.5) is 18.9 Å². The van der Waals surface area contributed by atoms with Crippen LogP contribution in [0, 0.1) is 5.92 Å². The monoisotopic (exact) mass is 842 g/mol. The van der Waals surface area contributed by atoms with E-state index >= 15 is 8.78 Å². The Morgan fingerprint density at radius 3 is 2.49 bits per heavy atom. The zero-order valence-corrected chi connectivity index (χ0v) is 34.3. The smallest absolute Gasteiger partial charge is 0.329 e. The largest absolute Gasteiger partial charge is 0.490 e. The van der Waals surface area contributed by atoms with E-state index in [1.165, 1.54) is 26.0 Å². The zero-order valence-electron chi connectivity index (χ0n) is 34.3. The van der Waals surface area contributed by atoms with E-state index in [1.54, 1.807) is 43.4 Å². The average Bonchev–Trinajstić information content (AvgIpc) is 3.70. The second-order valence-electron chi connectivity index (χ2n) is 17.5. The number of aromatic nitrogens is 5. The third-order valence-electron chi connectivity index (χ3n) is 12.9. The molecule has 5 aromatic rings. The number of fused-ring (bicyclic) bond motifs is 2. The lowest BCUT2D eigenvalue weighted by Gasteiger charge is -2.41. The summed E-state index contributed by atoms with van der Waals surface area (Å²) < 4.78 is 57.7. The Kier molecular flexibility index (Phi) is 10.4. The van der Waals surface area contributed by atoms with Gasteiger partial charge in [0.25, 0.3) is 17.4 Å². The van der Waals surface area contributed by atoms with E-state index < -0.39 is 53.2 Å². The number of nitrogens with one attached hydrogen (secondary N) is 2. The highest BCUT2D eigenvalue weighted by atomic mass is 19.3. The van der Waals surface area contributed by atoms with Gasteiger partial charge in [0.05, 0.1) is 52.8 Å². The maximum atomic E-state index is 16.0. The number of alkyl halides is 3. The van der Waals surface area contributed by atoms with E-state index in [0.717, 1.165) is 31.1 Å². The molecule has 3 aromatic heterocycles. The quantitative estimate of drug-likeness (QED) is 0.162. The maximum Gasteiger partial charge on any atom is 0.329 e. The number of carbonyl (C=O) groups excluding carboxylic acids is 3. The Bertz CT molecular complexity index is 2680. The van der Waals surface area contributed by atoms with Crippen LogP contribution in [0.3, 0.4) is 0 Å². The Morgan fingerprint density at radius 1 is 1.02 bits per heavy atom. The Balaban J connectivity index is 0.839. The minimum atomic E-state index is -3.01. The second kappa shape index (κ2) is 15.6. The van der Waals surface area contributed by atoms with Crippen LogP contribution in [-0.2, 0) is 16.6 Å². The molecule has 0 bridgehead atoms. The third kappa shape index (κ3) is 7.76. The molecular weight excluding hydrogens is 794 g/mol. The van der Waals surface area contributed by atoms with Crippen molar-refractivity contribution < 1.29 is 32.3 Å². The Morgan fingerprint density at radius 2 is 1.79 bits per heavy atom. The minimum Gasteiger partial charge on any atom is -0.490 e. The molecule has 9 rings (SSSR count). The molecule has 2 aliphatic carbocycles. The van der Waals surface area contributed by atoms with Gasteiger partial charge in [-0.25, -0.2) is 18.0 Å². The number of rotatable bonds is 10. The van der Waals surface area contributed by atoms with Gasteiger partial charge in [0, 0.05) is 50.3 Å². The predicted octanol–water partition coefficient (Wildman–Crippen LogP) is 6.01. The predicted molar refractivity (Wildman–Crippen MR) is 221 cm³/mol. The molecule has 2 saturated heterocycles. The minimum absolute atomic E-state index is 0.0511. The number of aryl methyl sites for hydroxylation is 1. The maximum absolute atomic E-state index is 16.0. The number of anilines is 1. The lowest BCUT2D eigenvalue weighted by molar-refractivity contribution is -0.135. The van der Waals surface area contributed by atoms with Crippen molar-refractivity contribution in [3.8, 4) is 5.75 Å². The molecule has 322 valence electrons. The number of amides is 3. The molecule has 4 aliphatic rings. The number of hydrogen-bond acceptors (Lipinski definition) is 8. The number of pyridine rings is 1. The molecule has 5 heterocycles. The van der Waals surface area contributed by atoms with Gasteiger partial charge in [-0.2, -0.15) is 5.10 Å². The first kappa shape index (κ1) is 40.7. The van der Waals surface area contributed by atoms with Crippen LogP contribution in [0.5, 0.6) is 5.75 Å². The standard InChI is InChI=1S/C44H49F3N8O6/c1-24(2)61-38-20-33-27(17-29(38)40(57)48-32-5-4-15-53(42(32)59)36-19-31(36)45)22-54(50-33)28-9-6-25(7-10-28)21-52-16-14-30(44(46,47)23-52)26-8-11-34-37(18-26)51(3)43(60)55(34)35-12-13-39(56)49-41(35)58/h4-5,8,11,15,17-18,20,22,24-25,28,30-31,35-36H,6-7,9-10,12-14,16,19,21,23H2,1-3H3,(H,48,57)(H,49,56,58)/t25-,28-,30?,31-,35?,36+/m1/s1. The molecule has 4 fully saturated rings. The van der Waals surface area contributed by atoms with Crippen LogP contribution >= 0.6 is 0 Å². The average molecular weight is 843 g/mol. The van der Waals surface area contributed by atoms with E-state index in [9.17, 15) is 28.4 Å². The highest BCUT2D eigenvalue weighted by Crippen LogP contribution is 2.43. The number of benzene rings is 2. The van der Waals surface area contributed by atoms with Gasteiger partial charge < -0.3 is 14.6 Å². The zero-order chi connectivity index (χ0) is 42.9. The first-order valence-corrected chi connectivity index (χ1v) is 21.2. The van der Waals surface area contributed by atoms with Crippen LogP contribution < -0.4 is 26.6 Å². The second-order valence-corrected chi connectivity index (χ2v) is 17.5. The number of halogens is 3. The molecule has 4 atom stereocenters. The summed E-state index contributed by atoms with van der Waals surface area (Å²) in [6, 6.07) is 10.2. The van der Waals surface area contributed by atoms with Crippen molar-refractivity contribution >= 4 is 45.3 Å². The van der Waals surface area contributed by atoms with Crippen LogP contribution in [0.15, 0.2) is 64.4 Å². The number of piperidine rings is 2. The fraction of sp³-hybridized carbons (Fsp3) is 0.500. The van der Waals surface area contributed by atoms with Gasteiger partial charge in [0.15, 0.2) is 0 Å². The molecular formula is C44H49F3N8O6. The van der Waals surface area contributed by atoms with Gasteiger partial charge in [-0.15, -0.1) is 0 Å². The van der Waals surface area contributed by atoms with Crippen LogP contribution in [0.2, 0.25) is 0 Å². The van der Waals surface area contributed by atoms with Crippen LogP contribution in [0.25, 0.3) is 21.9 Å². The number of carbonyl (C=O) groups is 3. The SMILES string of the molecule is CC(C)Oc1cc2nn([C@H]3CC[C@H](CN4CCC(c5ccc6c(c5)n(C)c(=O)n6C5CCC(=O)NC5=O)C(F)(F)C4)CC3)cc2cc1C(=O)Nc1cccn([C@H]2C[C@H]2F)c1=O. The first-order valence-electron chi connectivity index (χ1n) is 21.2. The van der Waals surface area contributed by atoms with Gasteiger partial charge in [-0.3, -0.25) is 43.2 Å². The van der Waals surface area contributed by atoms with Crippen molar-refractivity contribution in [1.82, 2.24) is 33.7 Å². The van der Waals surface area contributed by atoms with Crippen molar-refractivity contribution in [3.63, 3.8) is 0 Å². The van der Waals surface area contributed by atoms with Gasteiger partial charge in [0.2, 0.25) is 11.8 Å². The van der Waals surface area contributed by atoms with E-state index in [4.69, 9.17) is 9.84 Å². The number of ether oxygens (including phenoxy) is 1. The molecule has 2 N–H and O–H groups in total. The van der Waals surface area contributed by atoms with E-state index in [1.807, 2.05) is 29.6 Å². The van der Waals surface area contributed by atoms with Crippen molar-refractivity contribution in [1.29, 1.82) is 0 Å². The number of imidazole rings is 1. The lowest BCUT2D eigenvalue weighted by Crippen LogP contribution is -2.49. The molecule has 2 unspecified atom stereocenters. The fourth-order valence-corrected chi connectivity index (χ4v) is 9.64. The van der Waals surface area contributed by atoms with E-state index in [2.05, 4.69) is 10.6 Å². The molecule has 61 heavy (non-hydrogen) atoms. The first-order chi connectivity index (χ1) is 29.1. The van der Waals surface area contributed by atoms with Crippen molar-refractivity contribution in [2.24, 2.45) is 13.0 Å². The molecule has 14 nitrogen and oxygen atoms in total. The lowest BCUT2D eigenvalue weighted by atomic mass is 9.83. The third-order valence-corrected chi connectivity index (χ3v) is 12.9. The summed E-state index contributed by atoms with van der Waals surface area (Å²) >= 11 is 0. The van der Waals surface area contributed by atoms with Gasteiger partial charge >= 0.3 is 5.69 Å². The number of likely N-dealkylation sites (tertiary alicyclic amines) is 1. The highest BCUT2D eigenvalue weighted by Gasteiger charge is 2.46. The number of imide groups is 1. The highest BCUT2D eigenvalue weighted by molar-refractivity contribution is 6.08.